The molecule has 158 valence electrons. The largest absolute Gasteiger partial charge is 0.462 e. The van der Waals surface area contributed by atoms with Crippen LogP contribution in [0.5, 0.6) is 0 Å². The van der Waals surface area contributed by atoms with Crippen molar-refractivity contribution < 1.29 is 13.9 Å². The van der Waals surface area contributed by atoms with E-state index < -0.39 is 5.97 Å². The number of esters is 1. The maximum absolute atomic E-state index is 13.6. The molecule has 0 aliphatic heterocycles. The zero-order valence-electron chi connectivity index (χ0n) is 17.7. The van der Waals surface area contributed by atoms with Gasteiger partial charge in [-0.2, -0.15) is 5.10 Å². The van der Waals surface area contributed by atoms with E-state index in [9.17, 15) is 9.18 Å². The number of ether oxygens (including phenoxy) is 1. The Morgan fingerprint density at radius 1 is 1.00 bits per heavy atom. The quantitative estimate of drug-likeness (QED) is 0.338. The van der Waals surface area contributed by atoms with Crippen molar-refractivity contribution in [1.82, 2.24) is 14.8 Å². The Labute approximate surface area is 184 Å². The molecule has 0 atom stereocenters. The number of rotatable bonds is 4. The first-order chi connectivity index (χ1) is 15.5. The summed E-state index contributed by atoms with van der Waals surface area (Å²) in [7, 11) is 0. The number of halogens is 1. The minimum absolute atomic E-state index is 0.296. The molecule has 5 nitrogen and oxygen atoms in total. The van der Waals surface area contributed by atoms with Gasteiger partial charge in [0.15, 0.2) is 0 Å². The van der Waals surface area contributed by atoms with Crippen molar-refractivity contribution in [3.05, 3.63) is 89.9 Å². The number of carbonyl (C=O) groups excluding carboxylic acids is 1. The summed E-state index contributed by atoms with van der Waals surface area (Å²) in [5.74, 6) is -0.710. The summed E-state index contributed by atoms with van der Waals surface area (Å²) in [5.41, 5.74) is 5.54. The molecular weight excluding hydrogens is 405 g/mol. The molecule has 5 rings (SSSR count). The first-order valence-electron chi connectivity index (χ1n) is 10.4. The summed E-state index contributed by atoms with van der Waals surface area (Å²) in [6, 6.07) is 19.6. The molecule has 2 aromatic heterocycles. The summed E-state index contributed by atoms with van der Waals surface area (Å²) >= 11 is 0. The van der Waals surface area contributed by atoms with Crippen LogP contribution in [0.15, 0.2) is 72.9 Å². The maximum atomic E-state index is 13.6. The molecule has 0 fully saturated rings. The average Bonchev–Trinajstić information content (AvgIpc) is 3.20. The van der Waals surface area contributed by atoms with E-state index in [-0.39, 0.29) is 5.82 Å². The van der Waals surface area contributed by atoms with E-state index in [1.807, 2.05) is 31.2 Å². The number of aryl methyl sites for hydroxylation is 1. The van der Waals surface area contributed by atoms with Crippen molar-refractivity contribution in [2.45, 2.75) is 13.8 Å². The van der Waals surface area contributed by atoms with Gasteiger partial charge in [-0.1, -0.05) is 29.8 Å². The Morgan fingerprint density at radius 3 is 2.47 bits per heavy atom. The molecule has 0 N–H and O–H groups in total. The second-order valence-electron chi connectivity index (χ2n) is 7.58. The molecule has 0 saturated heterocycles. The minimum Gasteiger partial charge on any atom is -0.462 e. The van der Waals surface area contributed by atoms with Crippen molar-refractivity contribution in [3.8, 4) is 16.9 Å². The van der Waals surface area contributed by atoms with E-state index >= 15 is 0 Å². The van der Waals surface area contributed by atoms with E-state index in [1.165, 1.54) is 12.1 Å². The van der Waals surface area contributed by atoms with Gasteiger partial charge in [-0.05, 0) is 56.3 Å². The lowest BCUT2D eigenvalue weighted by atomic mass is 10.0. The summed E-state index contributed by atoms with van der Waals surface area (Å²) in [6.07, 6.45) is 1.80. The van der Waals surface area contributed by atoms with Crippen molar-refractivity contribution in [2.75, 3.05) is 6.61 Å². The lowest BCUT2D eigenvalue weighted by Gasteiger charge is -2.08. The first-order valence-corrected chi connectivity index (χ1v) is 10.4. The number of fused-ring (bicyclic) bond motifs is 3. The minimum atomic E-state index is -0.391. The second-order valence-corrected chi connectivity index (χ2v) is 7.58. The number of hydrogen-bond donors (Lipinski definition) is 0. The predicted octanol–water partition coefficient (Wildman–Crippen LogP) is 5.86. The van der Waals surface area contributed by atoms with Crippen LogP contribution in [0.2, 0.25) is 0 Å². The topological polar surface area (TPSA) is 57.0 Å². The van der Waals surface area contributed by atoms with Gasteiger partial charge in [0, 0.05) is 22.5 Å². The van der Waals surface area contributed by atoms with Crippen LogP contribution in [-0.2, 0) is 4.74 Å². The Hall–Kier alpha value is -4.06. The lowest BCUT2D eigenvalue weighted by Crippen LogP contribution is -2.04. The second kappa shape index (κ2) is 7.89. The fourth-order valence-electron chi connectivity index (χ4n) is 3.82. The summed E-state index contributed by atoms with van der Waals surface area (Å²) < 4.78 is 20.6. The van der Waals surface area contributed by atoms with Crippen LogP contribution >= 0.6 is 0 Å². The molecule has 0 aliphatic rings. The number of benzene rings is 3. The molecule has 6 heteroatoms. The van der Waals surface area contributed by atoms with E-state index in [0.29, 0.717) is 17.9 Å². The number of hydrogen-bond acceptors (Lipinski definition) is 4. The maximum Gasteiger partial charge on any atom is 0.338 e. The van der Waals surface area contributed by atoms with Gasteiger partial charge in [-0.3, -0.25) is 4.98 Å². The molecule has 2 heterocycles. The van der Waals surface area contributed by atoms with Crippen molar-refractivity contribution >= 4 is 27.8 Å². The predicted molar refractivity (Wildman–Crippen MR) is 122 cm³/mol. The summed E-state index contributed by atoms with van der Waals surface area (Å²) in [5, 5.41) is 6.49. The molecule has 3 aromatic carbocycles. The SMILES string of the molecule is CCOC(=O)c1ccc2ncc3c(-c4ccc(C)cc4)nn(-c4ccc(F)cc4)c3c2c1. The molecule has 0 spiro atoms. The molecule has 5 aromatic rings. The highest BCUT2D eigenvalue weighted by Gasteiger charge is 2.18. The van der Waals surface area contributed by atoms with Crippen LogP contribution < -0.4 is 0 Å². The van der Waals surface area contributed by atoms with Gasteiger partial charge in [0.1, 0.15) is 11.5 Å². The zero-order valence-corrected chi connectivity index (χ0v) is 17.7. The van der Waals surface area contributed by atoms with Crippen molar-refractivity contribution in [2.24, 2.45) is 0 Å². The van der Waals surface area contributed by atoms with Gasteiger partial charge in [0.25, 0.3) is 0 Å². The van der Waals surface area contributed by atoms with Gasteiger partial charge in [0.05, 0.1) is 28.9 Å². The highest BCUT2D eigenvalue weighted by molar-refractivity contribution is 6.10. The van der Waals surface area contributed by atoms with Crippen LogP contribution in [0.4, 0.5) is 4.39 Å². The van der Waals surface area contributed by atoms with E-state index in [4.69, 9.17) is 9.84 Å². The molecule has 0 bridgehead atoms. The third-order valence-electron chi connectivity index (χ3n) is 5.41. The van der Waals surface area contributed by atoms with Gasteiger partial charge in [-0.15, -0.1) is 0 Å². The van der Waals surface area contributed by atoms with E-state index in [2.05, 4.69) is 4.98 Å². The molecule has 0 amide bonds. The monoisotopic (exact) mass is 425 g/mol. The zero-order chi connectivity index (χ0) is 22.2. The molecule has 32 heavy (non-hydrogen) atoms. The number of carbonyl (C=O) groups is 1. The normalized spacial score (nSPS) is 11.2. The lowest BCUT2D eigenvalue weighted by molar-refractivity contribution is 0.0526. The van der Waals surface area contributed by atoms with Crippen LogP contribution in [0, 0.1) is 12.7 Å². The number of nitrogens with zero attached hydrogens (tertiary/aromatic N) is 3. The Bertz CT molecular complexity index is 1460. The summed E-state index contributed by atoms with van der Waals surface area (Å²) in [6.45, 7) is 4.10. The third-order valence-corrected chi connectivity index (χ3v) is 5.41. The van der Waals surface area contributed by atoms with E-state index in [1.54, 1.807) is 48.1 Å². The Kier molecular flexibility index (Phi) is 4.90. The highest BCUT2D eigenvalue weighted by Crippen LogP contribution is 2.34. The van der Waals surface area contributed by atoms with Crippen LogP contribution in [-0.4, -0.2) is 27.3 Å². The molecular formula is C26H20FN3O2. The van der Waals surface area contributed by atoms with Crippen molar-refractivity contribution in [1.29, 1.82) is 0 Å². The number of pyridine rings is 1. The number of aromatic nitrogens is 3. The van der Waals surface area contributed by atoms with E-state index in [0.717, 1.165) is 38.6 Å². The van der Waals surface area contributed by atoms with Gasteiger partial charge in [-0.25, -0.2) is 13.9 Å². The molecule has 0 unspecified atom stereocenters. The van der Waals surface area contributed by atoms with Crippen LogP contribution in [0.3, 0.4) is 0 Å². The van der Waals surface area contributed by atoms with Gasteiger partial charge in [0.2, 0.25) is 0 Å². The van der Waals surface area contributed by atoms with Crippen LogP contribution in [0.1, 0.15) is 22.8 Å². The van der Waals surface area contributed by atoms with Gasteiger partial charge >= 0.3 is 5.97 Å². The van der Waals surface area contributed by atoms with Gasteiger partial charge < -0.3 is 4.74 Å². The fraction of sp³-hybridized carbons (Fsp3) is 0.115. The molecule has 0 saturated carbocycles. The fourth-order valence-corrected chi connectivity index (χ4v) is 3.82. The first kappa shape index (κ1) is 19.9. The van der Waals surface area contributed by atoms with Crippen molar-refractivity contribution in [3.63, 3.8) is 0 Å². The Balaban J connectivity index is 1.84. The van der Waals surface area contributed by atoms with Crippen LogP contribution in [0.25, 0.3) is 38.8 Å². The smallest absolute Gasteiger partial charge is 0.338 e. The summed E-state index contributed by atoms with van der Waals surface area (Å²) in [4.78, 5) is 17.0. The standard InChI is InChI=1S/C26H20FN3O2/c1-3-32-26(31)18-8-13-23-21(14-18)25-22(15-28-23)24(17-6-4-16(2)5-7-17)29-30(25)20-11-9-19(27)10-12-20/h4-15H,3H2,1-2H3. The highest BCUT2D eigenvalue weighted by atomic mass is 19.1. The molecule has 0 aliphatic carbocycles. The average molecular weight is 425 g/mol. The molecule has 0 radical (unpaired) electrons. The third kappa shape index (κ3) is 3.39. The Morgan fingerprint density at radius 2 is 1.75 bits per heavy atom.